The topological polar surface area (TPSA) is 90.4 Å². The lowest BCUT2D eigenvalue weighted by Gasteiger charge is -2.35. The number of amides is 2. The first-order valence-corrected chi connectivity index (χ1v) is 10.7. The van der Waals surface area contributed by atoms with Crippen molar-refractivity contribution in [2.75, 3.05) is 40.1 Å². The Morgan fingerprint density at radius 1 is 1.25 bits per heavy atom. The summed E-state index contributed by atoms with van der Waals surface area (Å²) in [4.78, 5) is 33.5. The van der Waals surface area contributed by atoms with Crippen LogP contribution in [0.3, 0.4) is 0 Å². The smallest absolute Gasteiger partial charge is 0.231 e. The lowest BCUT2D eigenvalue weighted by Crippen LogP contribution is -2.50. The van der Waals surface area contributed by atoms with Crippen molar-refractivity contribution >= 4 is 11.8 Å². The first kappa shape index (κ1) is 20.6. The molecule has 0 N–H and O–H groups in total. The van der Waals surface area contributed by atoms with E-state index in [0.717, 1.165) is 5.56 Å². The van der Waals surface area contributed by atoms with E-state index in [1.807, 2.05) is 18.2 Å². The maximum Gasteiger partial charge on any atom is 0.231 e. The summed E-state index contributed by atoms with van der Waals surface area (Å²) in [5, 5.41) is 0. The van der Waals surface area contributed by atoms with Crippen LogP contribution in [0, 0.1) is 5.92 Å². The minimum absolute atomic E-state index is 0.0341. The Labute approximate surface area is 185 Å². The summed E-state index contributed by atoms with van der Waals surface area (Å²) in [7, 11) is 1.74. The van der Waals surface area contributed by atoms with Crippen LogP contribution >= 0.6 is 0 Å². The molecule has 3 aliphatic rings. The Morgan fingerprint density at radius 2 is 2.12 bits per heavy atom. The molecule has 168 valence electrons. The number of benzene rings is 1. The molecule has 3 aliphatic heterocycles. The van der Waals surface area contributed by atoms with E-state index < -0.39 is 5.92 Å². The first-order chi connectivity index (χ1) is 15.6. The maximum absolute atomic E-state index is 13.4. The number of fused-ring (bicyclic) bond motifs is 1. The average Bonchev–Trinajstić information content (AvgIpc) is 3.41. The lowest BCUT2D eigenvalue weighted by atomic mass is 9.93. The molecule has 1 aromatic carbocycles. The lowest BCUT2D eigenvalue weighted by molar-refractivity contribution is -0.145. The van der Waals surface area contributed by atoms with Gasteiger partial charge in [0.25, 0.3) is 0 Å². The molecule has 32 heavy (non-hydrogen) atoms. The van der Waals surface area contributed by atoms with Crippen LogP contribution in [0.2, 0.25) is 0 Å². The van der Waals surface area contributed by atoms with Crippen LogP contribution in [-0.2, 0) is 14.3 Å². The Morgan fingerprint density at radius 3 is 2.97 bits per heavy atom. The van der Waals surface area contributed by atoms with Gasteiger partial charge in [-0.15, -0.1) is 0 Å². The van der Waals surface area contributed by atoms with Gasteiger partial charge >= 0.3 is 0 Å². The van der Waals surface area contributed by atoms with E-state index in [0.29, 0.717) is 43.6 Å². The second kappa shape index (κ2) is 8.66. The third-order valence-corrected chi connectivity index (χ3v) is 6.16. The molecule has 2 aromatic rings. The highest BCUT2D eigenvalue weighted by Gasteiger charge is 2.45. The number of likely N-dealkylation sites (tertiary alicyclic amines) is 1. The van der Waals surface area contributed by atoms with Crippen molar-refractivity contribution in [3.63, 3.8) is 0 Å². The quantitative estimate of drug-likeness (QED) is 0.700. The highest BCUT2D eigenvalue weighted by Crippen LogP contribution is 2.38. The molecule has 0 aliphatic carbocycles. The monoisotopic (exact) mass is 439 g/mol. The predicted octanol–water partition coefficient (Wildman–Crippen LogP) is 1.64. The number of nitrogens with zero attached hydrogens (tertiary/aromatic N) is 3. The summed E-state index contributed by atoms with van der Waals surface area (Å²) in [6.45, 7) is 1.85. The van der Waals surface area contributed by atoms with Crippen LogP contribution in [0.4, 0.5) is 0 Å². The molecule has 9 heteroatoms. The van der Waals surface area contributed by atoms with Crippen LogP contribution in [0.5, 0.6) is 17.2 Å². The van der Waals surface area contributed by atoms with Gasteiger partial charge in [-0.25, -0.2) is 0 Å². The Bertz CT molecular complexity index is 1000. The van der Waals surface area contributed by atoms with Gasteiger partial charge in [0.1, 0.15) is 18.5 Å². The molecule has 2 fully saturated rings. The van der Waals surface area contributed by atoms with Crippen molar-refractivity contribution in [3.05, 3.63) is 48.3 Å². The number of hydrogen-bond acceptors (Lipinski definition) is 7. The third-order valence-electron chi connectivity index (χ3n) is 6.16. The average molecular weight is 439 g/mol. The summed E-state index contributed by atoms with van der Waals surface area (Å²) >= 11 is 0. The molecular formula is C23H25N3O6. The van der Waals surface area contributed by atoms with Crippen LogP contribution < -0.4 is 14.2 Å². The van der Waals surface area contributed by atoms with E-state index in [1.54, 1.807) is 41.4 Å². The van der Waals surface area contributed by atoms with Crippen LogP contribution in [0.15, 0.2) is 42.7 Å². The number of pyridine rings is 1. The molecule has 4 heterocycles. The summed E-state index contributed by atoms with van der Waals surface area (Å²) in [5.41, 5.74) is 0.871. The van der Waals surface area contributed by atoms with Crippen LogP contribution in [-0.4, -0.2) is 72.8 Å². The minimum Gasteiger partial charge on any atom is -0.491 e. The third kappa shape index (κ3) is 3.95. The second-order valence-electron chi connectivity index (χ2n) is 8.15. The fraction of sp³-hybridized carbons (Fsp3) is 0.435. The highest BCUT2D eigenvalue weighted by molar-refractivity contribution is 5.90. The van der Waals surface area contributed by atoms with Gasteiger partial charge in [0.2, 0.25) is 18.6 Å². The highest BCUT2D eigenvalue weighted by atomic mass is 16.7. The van der Waals surface area contributed by atoms with Gasteiger partial charge in [-0.05, 0) is 23.8 Å². The summed E-state index contributed by atoms with van der Waals surface area (Å²) in [6, 6.07) is 8.83. The molecule has 0 saturated carbocycles. The number of rotatable bonds is 5. The standard InChI is InChI=1S/C23H25N3O6/c1-25-21(27)10-18(22(25)15-3-2-6-24-11-15)23(28)26-7-8-29-17(12-26)13-30-16-4-5-19-20(9-16)32-14-31-19/h2-6,9,11,17-18,22H,7-8,10,12-14H2,1H3. The molecular weight excluding hydrogens is 414 g/mol. The fourth-order valence-corrected chi connectivity index (χ4v) is 4.51. The zero-order valence-electron chi connectivity index (χ0n) is 17.8. The van der Waals surface area contributed by atoms with Gasteiger partial charge in [0.05, 0.1) is 25.1 Å². The second-order valence-corrected chi connectivity index (χ2v) is 8.15. The Hall–Kier alpha value is -3.33. The van der Waals surface area contributed by atoms with Crippen molar-refractivity contribution in [3.8, 4) is 17.2 Å². The minimum atomic E-state index is -0.440. The molecule has 5 rings (SSSR count). The van der Waals surface area contributed by atoms with Crippen molar-refractivity contribution in [1.29, 1.82) is 0 Å². The van der Waals surface area contributed by atoms with Crippen molar-refractivity contribution in [1.82, 2.24) is 14.8 Å². The van der Waals surface area contributed by atoms with Crippen molar-refractivity contribution in [2.24, 2.45) is 5.92 Å². The van der Waals surface area contributed by atoms with E-state index in [2.05, 4.69) is 4.98 Å². The predicted molar refractivity (Wildman–Crippen MR) is 112 cm³/mol. The number of morpholine rings is 1. The number of carbonyl (C=O) groups excluding carboxylic acids is 2. The summed E-state index contributed by atoms with van der Waals surface area (Å²) in [5.74, 6) is 1.50. The van der Waals surface area contributed by atoms with Gasteiger partial charge in [-0.2, -0.15) is 0 Å². The normalized spacial score (nSPS) is 24.7. The molecule has 2 saturated heterocycles. The van der Waals surface area contributed by atoms with Crippen LogP contribution in [0.1, 0.15) is 18.0 Å². The molecule has 3 atom stereocenters. The molecule has 0 spiro atoms. The number of hydrogen-bond donors (Lipinski definition) is 0. The first-order valence-electron chi connectivity index (χ1n) is 10.7. The number of aromatic nitrogens is 1. The molecule has 9 nitrogen and oxygen atoms in total. The van der Waals surface area contributed by atoms with Gasteiger partial charge in [-0.3, -0.25) is 14.6 Å². The van der Waals surface area contributed by atoms with Gasteiger partial charge in [-0.1, -0.05) is 6.07 Å². The number of carbonyl (C=O) groups is 2. The molecule has 2 amide bonds. The SMILES string of the molecule is CN1C(=O)CC(C(=O)N2CCOC(COc3ccc4c(c3)OCO4)C2)C1c1cccnc1. The van der Waals surface area contributed by atoms with E-state index in [4.69, 9.17) is 18.9 Å². The van der Waals surface area contributed by atoms with Crippen LogP contribution in [0.25, 0.3) is 0 Å². The van der Waals surface area contributed by atoms with Gasteiger partial charge < -0.3 is 28.7 Å². The van der Waals surface area contributed by atoms with Gasteiger partial charge in [0.15, 0.2) is 11.5 Å². The molecule has 0 bridgehead atoms. The maximum atomic E-state index is 13.4. The number of ether oxygens (including phenoxy) is 4. The Kier molecular flexibility index (Phi) is 5.57. The van der Waals surface area contributed by atoms with Gasteiger partial charge in [0, 0.05) is 38.5 Å². The summed E-state index contributed by atoms with van der Waals surface area (Å²) in [6.07, 6.45) is 3.35. The zero-order chi connectivity index (χ0) is 22.1. The zero-order valence-corrected chi connectivity index (χ0v) is 17.8. The fourth-order valence-electron chi connectivity index (χ4n) is 4.51. The Balaban J connectivity index is 1.23. The molecule has 3 unspecified atom stereocenters. The molecule has 0 radical (unpaired) electrons. The van der Waals surface area contributed by atoms with E-state index in [1.165, 1.54) is 0 Å². The largest absolute Gasteiger partial charge is 0.491 e. The van der Waals surface area contributed by atoms with Crippen molar-refractivity contribution in [2.45, 2.75) is 18.6 Å². The van der Waals surface area contributed by atoms with Crippen molar-refractivity contribution < 1.29 is 28.5 Å². The summed E-state index contributed by atoms with van der Waals surface area (Å²) < 4.78 is 22.4. The molecule has 1 aromatic heterocycles. The van der Waals surface area contributed by atoms with E-state index in [-0.39, 0.29) is 37.2 Å². The van der Waals surface area contributed by atoms with E-state index in [9.17, 15) is 9.59 Å². The van der Waals surface area contributed by atoms with E-state index >= 15 is 0 Å².